The van der Waals surface area contributed by atoms with Gasteiger partial charge in [-0.25, -0.2) is 4.79 Å². The molecule has 10 nitrogen and oxygen atoms in total. The van der Waals surface area contributed by atoms with Crippen LogP contribution in [0.15, 0.2) is 24.0 Å². The van der Waals surface area contributed by atoms with Crippen molar-refractivity contribution < 1.29 is 28.5 Å². The molecule has 11 heteroatoms. The summed E-state index contributed by atoms with van der Waals surface area (Å²) in [6.07, 6.45) is 14.0. The average Bonchev–Trinajstić information content (AvgIpc) is 3.86. The summed E-state index contributed by atoms with van der Waals surface area (Å²) >= 11 is 2.03. The third kappa shape index (κ3) is 9.61. The lowest BCUT2D eigenvalue weighted by Crippen LogP contribution is -2.56. The average molecular weight is 677 g/mol. The second-order valence-electron chi connectivity index (χ2n) is 14.7. The molecule has 1 spiro atoms. The fourth-order valence-electron chi connectivity index (χ4n) is 8.09. The summed E-state index contributed by atoms with van der Waals surface area (Å²) in [5, 5.41) is 13.5. The van der Waals surface area contributed by atoms with Crippen LogP contribution < -0.4 is 21.3 Å². The minimum Gasteiger partial charge on any atom is -0.443 e. The molecule has 5 rings (SSSR count). The normalized spacial score (nSPS) is 35.1. The van der Waals surface area contributed by atoms with Crippen LogP contribution in [0.3, 0.4) is 0 Å². The molecule has 5 fully saturated rings. The highest BCUT2D eigenvalue weighted by Gasteiger charge is 2.72. The van der Waals surface area contributed by atoms with Crippen LogP contribution in [0.4, 0.5) is 4.79 Å². The van der Waals surface area contributed by atoms with Gasteiger partial charge in [-0.15, -0.1) is 0 Å². The number of rotatable bonds is 19. The van der Waals surface area contributed by atoms with Crippen molar-refractivity contribution in [2.75, 3.05) is 32.6 Å². The first kappa shape index (κ1) is 36.3. The standard InChI is InChI=1S/C36H60N4O6S/c1-24(2)16-17-29-35(4,46-29)33-32(43-5)27(18-19-36(33)23-44-36)45-34(42)38-21-13-9-7-6-8-12-20-37-30(41)15-11-10-14-28-31-26(22-47-28)39-25(3)40-31/h16,26-29,31-33,39-40H,3,6-15,17-23H2,1-2,4-5H3,(H,37,41)(H,38,42). The first-order valence-electron chi connectivity index (χ1n) is 18.2. The molecule has 4 aliphatic heterocycles. The lowest BCUT2D eigenvalue weighted by molar-refractivity contribution is -0.121. The van der Waals surface area contributed by atoms with Gasteiger partial charge in [0.15, 0.2) is 0 Å². The fraction of sp³-hybridized carbons (Fsp3) is 0.833. The molecule has 9 atom stereocenters. The van der Waals surface area contributed by atoms with Gasteiger partial charge in [0.2, 0.25) is 5.91 Å². The van der Waals surface area contributed by atoms with Crippen molar-refractivity contribution in [2.24, 2.45) is 5.92 Å². The Morgan fingerprint density at radius 2 is 1.79 bits per heavy atom. The van der Waals surface area contributed by atoms with E-state index in [1.165, 1.54) is 5.57 Å². The predicted octanol–water partition coefficient (Wildman–Crippen LogP) is 5.32. The lowest BCUT2D eigenvalue weighted by atomic mass is 9.68. The number of ether oxygens (including phenoxy) is 4. The summed E-state index contributed by atoms with van der Waals surface area (Å²) in [4.78, 5) is 24.9. The van der Waals surface area contributed by atoms with E-state index in [9.17, 15) is 9.59 Å². The van der Waals surface area contributed by atoms with Crippen LogP contribution in [0.1, 0.15) is 104 Å². The topological polar surface area (TPSA) is 126 Å². The SMILES string of the molecule is C=C1NC2CSC(CCCCC(=O)NCCCCCCCCNC(=O)OC3CCC4(CO4)C(C4(C)OC4CC=C(C)C)C3OC)C2N1. The van der Waals surface area contributed by atoms with Crippen LogP contribution in [0.5, 0.6) is 0 Å². The maximum Gasteiger partial charge on any atom is 0.407 e. The van der Waals surface area contributed by atoms with Gasteiger partial charge in [0.1, 0.15) is 23.4 Å². The molecular weight excluding hydrogens is 616 g/mol. The van der Waals surface area contributed by atoms with E-state index in [-0.39, 0.29) is 47.4 Å². The number of hydrogen-bond donors (Lipinski definition) is 4. The second kappa shape index (κ2) is 16.6. The van der Waals surface area contributed by atoms with Crippen molar-refractivity contribution in [1.29, 1.82) is 0 Å². The summed E-state index contributed by atoms with van der Waals surface area (Å²) in [6.45, 7) is 12.4. The number of fused-ring (bicyclic) bond motifs is 1. The largest absolute Gasteiger partial charge is 0.443 e. The second-order valence-corrected chi connectivity index (χ2v) is 16.0. The number of methoxy groups -OCH3 is 1. The van der Waals surface area contributed by atoms with Gasteiger partial charge < -0.3 is 40.2 Å². The van der Waals surface area contributed by atoms with Gasteiger partial charge in [0.05, 0.1) is 36.5 Å². The molecule has 0 aromatic rings. The van der Waals surface area contributed by atoms with Crippen molar-refractivity contribution in [3.8, 4) is 0 Å². The van der Waals surface area contributed by atoms with E-state index in [0.717, 1.165) is 95.2 Å². The number of carbonyl (C=O) groups is 2. The number of epoxide rings is 2. The van der Waals surface area contributed by atoms with Crippen molar-refractivity contribution in [1.82, 2.24) is 21.3 Å². The van der Waals surface area contributed by atoms with Crippen LogP contribution in [0, 0.1) is 5.92 Å². The van der Waals surface area contributed by atoms with E-state index in [4.69, 9.17) is 18.9 Å². The van der Waals surface area contributed by atoms with Crippen molar-refractivity contribution in [3.63, 3.8) is 0 Å². The Morgan fingerprint density at radius 3 is 2.49 bits per heavy atom. The number of amides is 2. The highest BCUT2D eigenvalue weighted by molar-refractivity contribution is 8.00. The number of carbonyl (C=O) groups excluding carboxylic acids is 2. The first-order chi connectivity index (χ1) is 22.6. The third-order valence-electron chi connectivity index (χ3n) is 10.9. The summed E-state index contributed by atoms with van der Waals surface area (Å²) in [7, 11) is 1.70. The Labute approximate surface area is 286 Å². The van der Waals surface area contributed by atoms with Gasteiger partial charge in [-0.1, -0.05) is 50.3 Å². The summed E-state index contributed by atoms with van der Waals surface area (Å²) < 4.78 is 24.2. The Balaban J connectivity index is 0.864. The number of allylic oxidation sites excluding steroid dienone is 1. The van der Waals surface area contributed by atoms with Crippen molar-refractivity contribution in [3.05, 3.63) is 24.0 Å². The molecule has 1 saturated carbocycles. The van der Waals surface area contributed by atoms with Gasteiger partial charge >= 0.3 is 6.09 Å². The fourth-order valence-corrected chi connectivity index (χ4v) is 9.64. The minimum absolute atomic E-state index is 0.0265. The molecule has 0 radical (unpaired) electrons. The number of thioether (sulfide) groups is 1. The maximum atomic E-state index is 12.7. The summed E-state index contributed by atoms with van der Waals surface area (Å²) in [5.41, 5.74) is 0.720. The maximum absolute atomic E-state index is 12.7. The lowest BCUT2D eigenvalue weighted by Gasteiger charge is -2.42. The molecule has 5 aliphatic rings. The van der Waals surface area contributed by atoms with E-state index in [0.29, 0.717) is 36.9 Å². The minimum atomic E-state index is -0.373. The number of nitrogens with one attached hydrogen (secondary N) is 4. The molecule has 47 heavy (non-hydrogen) atoms. The van der Waals surface area contributed by atoms with Gasteiger partial charge in [0, 0.05) is 37.6 Å². The molecule has 0 aromatic heterocycles. The number of unbranched alkanes of at least 4 members (excludes halogenated alkanes) is 6. The van der Waals surface area contributed by atoms with Gasteiger partial charge in [-0.2, -0.15) is 11.8 Å². The van der Waals surface area contributed by atoms with Gasteiger partial charge in [-0.05, 0) is 65.7 Å². The molecule has 1 aliphatic carbocycles. The monoisotopic (exact) mass is 676 g/mol. The molecule has 2 amide bonds. The molecule has 266 valence electrons. The van der Waals surface area contributed by atoms with Gasteiger partial charge in [0.25, 0.3) is 0 Å². The summed E-state index contributed by atoms with van der Waals surface area (Å²) in [5.74, 6) is 2.29. The zero-order valence-corrected chi connectivity index (χ0v) is 30.0. The van der Waals surface area contributed by atoms with Crippen molar-refractivity contribution >= 4 is 23.8 Å². The summed E-state index contributed by atoms with van der Waals surface area (Å²) in [6, 6.07) is 0.998. The zero-order valence-electron chi connectivity index (χ0n) is 29.2. The van der Waals surface area contributed by atoms with E-state index < -0.39 is 0 Å². The van der Waals surface area contributed by atoms with E-state index in [1.807, 2.05) is 11.8 Å². The van der Waals surface area contributed by atoms with Crippen LogP contribution in [-0.4, -0.2) is 91.4 Å². The first-order valence-corrected chi connectivity index (χ1v) is 19.2. The van der Waals surface area contributed by atoms with Crippen LogP contribution in [-0.2, 0) is 23.7 Å². The predicted molar refractivity (Wildman–Crippen MR) is 186 cm³/mol. The molecule has 0 bridgehead atoms. The van der Waals surface area contributed by atoms with E-state index in [2.05, 4.69) is 54.7 Å². The molecular formula is C36H60N4O6S. The molecule has 4 heterocycles. The highest BCUT2D eigenvalue weighted by atomic mass is 32.2. The zero-order chi connectivity index (χ0) is 33.4. The Bertz CT molecular complexity index is 1110. The number of alkyl carbamates (subject to hydrolysis) is 1. The molecule has 9 unspecified atom stereocenters. The molecule has 4 N–H and O–H groups in total. The highest BCUT2D eigenvalue weighted by Crippen LogP contribution is 2.59. The van der Waals surface area contributed by atoms with Crippen LogP contribution in [0.2, 0.25) is 0 Å². The van der Waals surface area contributed by atoms with Crippen molar-refractivity contribution in [2.45, 2.75) is 151 Å². The Kier molecular flexibility index (Phi) is 12.9. The molecule has 4 saturated heterocycles. The quantitative estimate of drug-likeness (QED) is 0.0817. The van der Waals surface area contributed by atoms with Crippen LogP contribution >= 0.6 is 11.8 Å². The van der Waals surface area contributed by atoms with E-state index >= 15 is 0 Å². The van der Waals surface area contributed by atoms with E-state index in [1.54, 1.807) is 7.11 Å². The third-order valence-corrected chi connectivity index (χ3v) is 12.4. The smallest absolute Gasteiger partial charge is 0.407 e. The molecule has 0 aromatic carbocycles. The Hall–Kier alpha value is -1.95. The Morgan fingerprint density at radius 1 is 1.06 bits per heavy atom. The number of hydrogen-bond acceptors (Lipinski definition) is 9. The van der Waals surface area contributed by atoms with Gasteiger partial charge in [-0.3, -0.25) is 4.79 Å². The van der Waals surface area contributed by atoms with Crippen LogP contribution in [0.25, 0.3) is 0 Å².